The Morgan fingerprint density at radius 3 is 1.80 bits per heavy atom. The maximum absolute atomic E-state index is 12.3. The standard InChI is InChI=1S/C18H19NO.C17H12BrNO.CH4/c1-13-6-10-17(11-7-13)19-18(20)16-9-8-14-4-2-3-5-15(14)12-16;18-15-7-9-16(10-8-15)19-17(20)14-6-5-12-3-1-2-4-13(12)11-14;/h6-12H,2-5H2,1H3,(H,19,20);1-11H,(H,19,20);1H4. The third-order valence-corrected chi connectivity index (χ3v) is 7.56. The first-order chi connectivity index (χ1) is 19.4. The van der Waals surface area contributed by atoms with E-state index in [4.69, 9.17) is 0 Å². The molecular formula is C36H35BrN2O2. The molecule has 0 fully saturated rings. The molecule has 1 aliphatic rings. The molecule has 0 radical (unpaired) electrons. The van der Waals surface area contributed by atoms with Crippen molar-refractivity contribution in [2.45, 2.75) is 40.0 Å². The summed E-state index contributed by atoms with van der Waals surface area (Å²) in [4.78, 5) is 24.5. The van der Waals surface area contributed by atoms with Gasteiger partial charge in [0.2, 0.25) is 0 Å². The molecule has 2 amide bonds. The Kier molecular flexibility index (Phi) is 10.1. The summed E-state index contributed by atoms with van der Waals surface area (Å²) in [5.41, 5.74) is 6.98. The molecule has 0 saturated carbocycles. The van der Waals surface area contributed by atoms with Gasteiger partial charge in [0.15, 0.2) is 0 Å². The zero-order chi connectivity index (χ0) is 27.9. The highest BCUT2D eigenvalue weighted by molar-refractivity contribution is 9.10. The van der Waals surface area contributed by atoms with Crippen LogP contribution in [0.25, 0.3) is 10.8 Å². The van der Waals surface area contributed by atoms with Crippen molar-refractivity contribution in [2.75, 3.05) is 10.6 Å². The van der Waals surface area contributed by atoms with Gasteiger partial charge in [-0.3, -0.25) is 9.59 Å². The maximum atomic E-state index is 12.3. The van der Waals surface area contributed by atoms with Crippen molar-refractivity contribution in [1.29, 1.82) is 0 Å². The Morgan fingerprint density at radius 1 is 0.610 bits per heavy atom. The molecule has 0 aromatic heterocycles. The minimum absolute atomic E-state index is 0. The Bertz CT molecular complexity index is 1640. The summed E-state index contributed by atoms with van der Waals surface area (Å²) in [6, 6.07) is 35.2. The third kappa shape index (κ3) is 7.92. The molecule has 0 unspecified atom stereocenters. The van der Waals surface area contributed by atoms with Crippen molar-refractivity contribution in [3.05, 3.63) is 141 Å². The van der Waals surface area contributed by atoms with Crippen LogP contribution in [0, 0.1) is 6.92 Å². The van der Waals surface area contributed by atoms with Gasteiger partial charge >= 0.3 is 0 Å². The van der Waals surface area contributed by atoms with E-state index < -0.39 is 0 Å². The van der Waals surface area contributed by atoms with Crippen LogP contribution in [-0.4, -0.2) is 11.8 Å². The van der Waals surface area contributed by atoms with Crippen LogP contribution in [0.15, 0.2) is 114 Å². The molecule has 0 spiro atoms. The lowest BCUT2D eigenvalue weighted by Gasteiger charge is -2.16. The molecule has 0 heterocycles. The average molecular weight is 608 g/mol. The number of benzene rings is 5. The number of anilines is 2. The smallest absolute Gasteiger partial charge is 0.255 e. The van der Waals surface area contributed by atoms with E-state index in [0.717, 1.165) is 45.0 Å². The molecule has 5 aromatic carbocycles. The highest BCUT2D eigenvalue weighted by atomic mass is 79.9. The van der Waals surface area contributed by atoms with E-state index in [1.54, 1.807) is 0 Å². The second-order valence-electron chi connectivity index (χ2n) is 10.0. The molecule has 5 heteroatoms. The van der Waals surface area contributed by atoms with Gasteiger partial charge in [0.05, 0.1) is 0 Å². The first kappa shape index (κ1) is 29.8. The number of hydrogen-bond donors (Lipinski definition) is 2. The van der Waals surface area contributed by atoms with E-state index >= 15 is 0 Å². The molecule has 0 saturated heterocycles. The van der Waals surface area contributed by atoms with E-state index in [0.29, 0.717) is 5.56 Å². The fourth-order valence-corrected chi connectivity index (χ4v) is 5.05. The molecule has 0 bridgehead atoms. The normalized spacial score (nSPS) is 11.8. The summed E-state index contributed by atoms with van der Waals surface area (Å²) >= 11 is 3.37. The van der Waals surface area contributed by atoms with Crippen LogP contribution in [0.2, 0.25) is 0 Å². The Labute approximate surface area is 251 Å². The molecule has 1 aliphatic carbocycles. The Morgan fingerprint density at radius 2 is 1.15 bits per heavy atom. The molecule has 5 aromatic rings. The van der Waals surface area contributed by atoms with Crippen molar-refractivity contribution < 1.29 is 9.59 Å². The monoisotopic (exact) mass is 606 g/mol. The number of hydrogen-bond acceptors (Lipinski definition) is 2. The molecule has 208 valence electrons. The first-order valence-electron chi connectivity index (χ1n) is 13.5. The zero-order valence-corrected chi connectivity index (χ0v) is 24.0. The molecule has 4 nitrogen and oxygen atoms in total. The van der Waals surface area contributed by atoms with Crippen molar-refractivity contribution in [2.24, 2.45) is 0 Å². The average Bonchev–Trinajstić information content (AvgIpc) is 2.99. The van der Waals surface area contributed by atoms with Crippen molar-refractivity contribution in [3.63, 3.8) is 0 Å². The fourth-order valence-electron chi connectivity index (χ4n) is 4.78. The summed E-state index contributed by atoms with van der Waals surface area (Å²) in [5, 5.41) is 8.04. The van der Waals surface area contributed by atoms with E-state index in [2.05, 4.69) is 38.7 Å². The Balaban J connectivity index is 0.000000184. The molecule has 2 N–H and O–H groups in total. The largest absolute Gasteiger partial charge is 0.322 e. The SMILES string of the molecule is C.Cc1ccc(NC(=O)c2ccc3c(c2)CCCC3)cc1.O=C(Nc1ccc(Br)cc1)c1ccc2ccccc2c1. The Hall–Kier alpha value is -4.22. The molecule has 41 heavy (non-hydrogen) atoms. The van der Waals surface area contributed by atoms with Crippen LogP contribution in [0.1, 0.15) is 57.7 Å². The second-order valence-corrected chi connectivity index (χ2v) is 10.9. The topological polar surface area (TPSA) is 58.2 Å². The summed E-state index contributed by atoms with van der Waals surface area (Å²) in [6.45, 7) is 2.04. The van der Waals surface area contributed by atoms with Crippen LogP contribution >= 0.6 is 15.9 Å². The first-order valence-corrected chi connectivity index (χ1v) is 14.3. The van der Waals surface area contributed by atoms with Gasteiger partial charge in [0, 0.05) is 27.0 Å². The van der Waals surface area contributed by atoms with E-state index in [1.165, 1.54) is 29.5 Å². The maximum Gasteiger partial charge on any atom is 0.255 e. The predicted molar refractivity (Wildman–Crippen MR) is 175 cm³/mol. The summed E-state index contributed by atoms with van der Waals surface area (Å²) in [6.07, 6.45) is 4.74. The number of carbonyl (C=O) groups excluding carboxylic acids is 2. The number of fused-ring (bicyclic) bond motifs is 2. The zero-order valence-electron chi connectivity index (χ0n) is 22.4. The van der Waals surface area contributed by atoms with E-state index in [1.807, 2.05) is 104 Å². The number of nitrogens with one attached hydrogen (secondary N) is 2. The lowest BCUT2D eigenvalue weighted by molar-refractivity contribution is 0.101. The van der Waals surface area contributed by atoms with Gasteiger partial charge in [0.25, 0.3) is 11.8 Å². The predicted octanol–water partition coefficient (Wildman–Crippen LogP) is 9.62. The summed E-state index contributed by atoms with van der Waals surface area (Å²) in [5.74, 6) is -0.125. The second kappa shape index (κ2) is 13.9. The van der Waals surface area contributed by atoms with Crippen LogP contribution < -0.4 is 10.6 Å². The minimum Gasteiger partial charge on any atom is -0.322 e. The highest BCUT2D eigenvalue weighted by Gasteiger charge is 2.13. The number of rotatable bonds is 4. The number of amides is 2. The van der Waals surface area contributed by atoms with Crippen molar-refractivity contribution >= 4 is 49.9 Å². The quantitative estimate of drug-likeness (QED) is 0.214. The van der Waals surface area contributed by atoms with Gasteiger partial charge < -0.3 is 10.6 Å². The van der Waals surface area contributed by atoms with Gasteiger partial charge in [-0.25, -0.2) is 0 Å². The molecular weight excluding hydrogens is 572 g/mol. The van der Waals surface area contributed by atoms with Crippen LogP contribution in [0.3, 0.4) is 0 Å². The van der Waals surface area contributed by atoms with Crippen LogP contribution in [-0.2, 0) is 12.8 Å². The number of halogens is 1. The van der Waals surface area contributed by atoms with Crippen LogP contribution in [0.4, 0.5) is 11.4 Å². The lowest BCUT2D eigenvalue weighted by atomic mass is 9.90. The number of carbonyl (C=O) groups is 2. The molecule has 0 aliphatic heterocycles. The van der Waals surface area contributed by atoms with Gasteiger partial charge in [-0.2, -0.15) is 0 Å². The van der Waals surface area contributed by atoms with Gasteiger partial charge in [-0.05, 0) is 115 Å². The minimum atomic E-state index is -0.0990. The van der Waals surface area contributed by atoms with Crippen molar-refractivity contribution in [3.8, 4) is 0 Å². The van der Waals surface area contributed by atoms with Gasteiger partial charge in [-0.15, -0.1) is 0 Å². The number of aryl methyl sites for hydroxylation is 3. The van der Waals surface area contributed by atoms with Gasteiger partial charge in [0.1, 0.15) is 0 Å². The lowest BCUT2D eigenvalue weighted by Crippen LogP contribution is -2.13. The van der Waals surface area contributed by atoms with E-state index in [-0.39, 0.29) is 19.2 Å². The summed E-state index contributed by atoms with van der Waals surface area (Å²) < 4.78 is 0.987. The fraction of sp³-hybridized carbons (Fsp3) is 0.167. The van der Waals surface area contributed by atoms with Crippen LogP contribution in [0.5, 0.6) is 0 Å². The third-order valence-electron chi connectivity index (χ3n) is 7.03. The van der Waals surface area contributed by atoms with Gasteiger partial charge in [-0.1, -0.05) is 77.5 Å². The van der Waals surface area contributed by atoms with Crippen molar-refractivity contribution in [1.82, 2.24) is 0 Å². The molecule has 0 atom stereocenters. The highest BCUT2D eigenvalue weighted by Crippen LogP contribution is 2.23. The summed E-state index contributed by atoms with van der Waals surface area (Å²) in [7, 11) is 0. The van der Waals surface area contributed by atoms with E-state index in [9.17, 15) is 9.59 Å². The molecule has 6 rings (SSSR count).